The Morgan fingerprint density at radius 2 is 1.70 bits per heavy atom. The minimum absolute atomic E-state index is 0.264. The summed E-state index contributed by atoms with van der Waals surface area (Å²) in [5, 5.41) is 2.69. The van der Waals surface area contributed by atoms with Crippen LogP contribution in [-0.2, 0) is 6.54 Å². The Hall–Kier alpha value is -1.60. The molecule has 0 bridgehead atoms. The Bertz CT molecular complexity index is 585. The van der Waals surface area contributed by atoms with Gasteiger partial charge in [0.1, 0.15) is 0 Å². The molecule has 0 spiro atoms. The lowest BCUT2D eigenvalue weighted by atomic mass is 9.96. The van der Waals surface area contributed by atoms with Crippen LogP contribution in [0.5, 0.6) is 0 Å². The van der Waals surface area contributed by atoms with Crippen LogP contribution in [0.25, 0.3) is 10.8 Å². The Morgan fingerprint density at radius 3 is 2.45 bits per heavy atom. The quantitative estimate of drug-likeness (QED) is 0.714. The van der Waals surface area contributed by atoms with Gasteiger partial charge in [-0.1, -0.05) is 75.4 Å². The maximum Gasteiger partial charge on any atom is 0.0240 e. The van der Waals surface area contributed by atoms with E-state index in [1.807, 2.05) is 0 Å². The van der Waals surface area contributed by atoms with Gasteiger partial charge in [0.25, 0.3) is 0 Å². The number of nitrogens with zero attached hydrogens (tertiary/aromatic N) is 1. The van der Waals surface area contributed by atoms with Crippen LogP contribution in [0.4, 0.5) is 0 Å². The molecule has 0 aliphatic rings. The smallest absolute Gasteiger partial charge is 0.0240 e. The van der Waals surface area contributed by atoms with Crippen LogP contribution in [0.2, 0.25) is 0 Å². The highest BCUT2D eigenvalue weighted by atomic mass is 15.1. The normalized spacial score (nSPS) is 12.7. The highest BCUT2D eigenvalue weighted by molar-refractivity contribution is 5.85. The fourth-order valence-electron chi connectivity index (χ4n) is 2.37. The predicted molar refractivity (Wildman–Crippen MR) is 88.9 cm³/mol. The van der Waals surface area contributed by atoms with E-state index in [-0.39, 0.29) is 5.41 Å². The van der Waals surface area contributed by atoms with Crippen molar-refractivity contribution in [1.29, 1.82) is 0 Å². The third-order valence-corrected chi connectivity index (χ3v) is 3.36. The molecule has 2 aromatic rings. The minimum atomic E-state index is 0.264. The topological polar surface area (TPSA) is 3.24 Å². The Kier molecular flexibility index (Phi) is 4.61. The number of likely N-dealkylation sites (N-methyl/N-ethyl adjacent to an activating group) is 1. The van der Waals surface area contributed by atoms with Crippen molar-refractivity contribution in [2.24, 2.45) is 5.41 Å². The van der Waals surface area contributed by atoms with Gasteiger partial charge in [0, 0.05) is 13.1 Å². The van der Waals surface area contributed by atoms with Gasteiger partial charge in [0.15, 0.2) is 0 Å². The van der Waals surface area contributed by atoms with Gasteiger partial charge in [-0.05, 0) is 28.8 Å². The van der Waals surface area contributed by atoms with Crippen LogP contribution in [0.3, 0.4) is 0 Å². The van der Waals surface area contributed by atoms with E-state index in [2.05, 4.69) is 87.3 Å². The van der Waals surface area contributed by atoms with Gasteiger partial charge < -0.3 is 0 Å². The number of allylic oxidation sites excluding steroid dienone is 1. The summed E-state index contributed by atoms with van der Waals surface area (Å²) in [4.78, 5) is 2.35. The van der Waals surface area contributed by atoms with Crippen molar-refractivity contribution in [1.82, 2.24) is 4.90 Å². The van der Waals surface area contributed by atoms with E-state index in [9.17, 15) is 0 Å². The lowest BCUT2D eigenvalue weighted by molar-refractivity contribution is 0.363. The molecule has 1 nitrogen and oxygen atoms in total. The number of benzene rings is 2. The van der Waals surface area contributed by atoms with Crippen LogP contribution < -0.4 is 0 Å². The van der Waals surface area contributed by atoms with Crippen molar-refractivity contribution in [3.8, 4) is 0 Å². The molecule has 2 rings (SSSR count). The summed E-state index contributed by atoms with van der Waals surface area (Å²) in [5.74, 6) is 0. The zero-order chi connectivity index (χ0) is 14.6. The van der Waals surface area contributed by atoms with Crippen molar-refractivity contribution in [3.05, 3.63) is 60.2 Å². The lowest BCUT2D eigenvalue weighted by Crippen LogP contribution is -2.18. The molecule has 0 aliphatic heterocycles. The van der Waals surface area contributed by atoms with Gasteiger partial charge in [0.2, 0.25) is 0 Å². The fourth-order valence-corrected chi connectivity index (χ4v) is 2.37. The monoisotopic (exact) mass is 267 g/mol. The Morgan fingerprint density at radius 1 is 1.00 bits per heavy atom. The molecule has 0 aromatic heterocycles. The number of hydrogen-bond donors (Lipinski definition) is 0. The minimum Gasteiger partial charge on any atom is -0.298 e. The predicted octanol–water partition coefficient (Wildman–Crippen LogP) is 4.87. The van der Waals surface area contributed by atoms with Crippen molar-refractivity contribution in [2.45, 2.75) is 27.3 Å². The standard InChI is InChI=1S/C19H25N/c1-19(2,3)13-8-14-20(4)15-17-11-7-10-16-9-5-6-12-18(16)17/h5-13H,14-15H2,1-4H3/b13-8-. The molecule has 0 heterocycles. The Balaban J connectivity index is 2.07. The highest BCUT2D eigenvalue weighted by Gasteiger charge is 2.05. The number of fused-ring (bicyclic) bond motifs is 1. The first kappa shape index (κ1) is 14.8. The average Bonchev–Trinajstić information content (AvgIpc) is 2.37. The molecule has 0 fully saturated rings. The second-order valence-corrected chi connectivity index (χ2v) is 6.60. The van der Waals surface area contributed by atoms with E-state index >= 15 is 0 Å². The summed E-state index contributed by atoms with van der Waals surface area (Å²) in [6.07, 6.45) is 4.55. The molecule has 2 aromatic carbocycles. The van der Waals surface area contributed by atoms with E-state index in [0.29, 0.717) is 0 Å². The molecule has 0 aliphatic carbocycles. The fraction of sp³-hybridized carbons (Fsp3) is 0.368. The third-order valence-electron chi connectivity index (χ3n) is 3.36. The molecule has 1 heteroatoms. The van der Waals surface area contributed by atoms with E-state index in [0.717, 1.165) is 13.1 Å². The van der Waals surface area contributed by atoms with Gasteiger partial charge in [0.05, 0.1) is 0 Å². The van der Waals surface area contributed by atoms with Crippen LogP contribution in [0.1, 0.15) is 26.3 Å². The largest absolute Gasteiger partial charge is 0.298 e. The van der Waals surface area contributed by atoms with Gasteiger partial charge >= 0.3 is 0 Å². The molecular formula is C19H25N. The summed E-state index contributed by atoms with van der Waals surface area (Å²) in [7, 11) is 2.18. The first-order chi connectivity index (χ1) is 9.46. The average molecular weight is 267 g/mol. The van der Waals surface area contributed by atoms with E-state index < -0.39 is 0 Å². The summed E-state index contributed by atoms with van der Waals surface area (Å²) >= 11 is 0. The first-order valence-corrected chi connectivity index (χ1v) is 7.28. The third kappa shape index (κ3) is 4.21. The first-order valence-electron chi connectivity index (χ1n) is 7.28. The van der Waals surface area contributed by atoms with E-state index in [1.54, 1.807) is 0 Å². The van der Waals surface area contributed by atoms with Crippen LogP contribution >= 0.6 is 0 Å². The second-order valence-electron chi connectivity index (χ2n) is 6.60. The maximum atomic E-state index is 2.35. The van der Waals surface area contributed by atoms with Gasteiger partial charge in [-0.3, -0.25) is 4.90 Å². The summed E-state index contributed by atoms with van der Waals surface area (Å²) < 4.78 is 0. The molecule has 20 heavy (non-hydrogen) atoms. The van der Waals surface area contributed by atoms with Gasteiger partial charge in [-0.15, -0.1) is 0 Å². The maximum absolute atomic E-state index is 2.35. The summed E-state index contributed by atoms with van der Waals surface area (Å²) in [5.41, 5.74) is 1.66. The lowest BCUT2D eigenvalue weighted by Gasteiger charge is -2.17. The highest BCUT2D eigenvalue weighted by Crippen LogP contribution is 2.20. The molecule has 0 amide bonds. The summed E-state index contributed by atoms with van der Waals surface area (Å²) in [6, 6.07) is 15.2. The molecule has 0 radical (unpaired) electrons. The molecule has 0 N–H and O–H groups in total. The summed E-state index contributed by atoms with van der Waals surface area (Å²) in [6.45, 7) is 8.66. The van der Waals surface area contributed by atoms with Gasteiger partial charge in [-0.2, -0.15) is 0 Å². The van der Waals surface area contributed by atoms with E-state index in [4.69, 9.17) is 0 Å². The van der Waals surface area contributed by atoms with Crippen molar-refractivity contribution in [2.75, 3.05) is 13.6 Å². The zero-order valence-corrected chi connectivity index (χ0v) is 13.1. The van der Waals surface area contributed by atoms with Crippen LogP contribution in [-0.4, -0.2) is 18.5 Å². The van der Waals surface area contributed by atoms with Crippen LogP contribution in [0, 0.1) is 5.41 Å². The second kappa shape index (κ2) is 6.23. The molecule has 0 saturated carbocycles. The molecular weight excluding hydrogens is 242 g/mol. The van der Waals surface area contributed by atoms with Crippen molar-refractivity contribution in [3.63, 3.8) is 0 Å². The SMILES string of the molecule is CN(C/C=C\C(C)(C)C)Cc1cccc2ccccc12. The van der Waals surface area contributed by atoms with Crippen molar-refractivity contribution >= 4 is 10.8 Å². The molecule has 0 saturated heterocycles. The molecule has 0 unspecified atom stereocenters. The number of rotatable bonds is 4. The van der Waals surface area contributed by atoms with Crippen LogP contribution in [0.15, 0.2) is 54.6 Å². The molecule has 0 atom stereocenters. The zero-order valence-electron chi connectivity index (χ0n) is 13.1. The number of hydrogen-bond acceptors (Lipinski definition) is 1. The van der Waals surface area contributed by atoms with E-state index in [1.165, 1.54) is 16.3 Å². The van der Waals surface area contributed by atoms with Gasteiger partial charge in [-0.25, -0.2) is 0 Å². The molecule has 106 valence electrons. The van der Waals surface area contributed by atoms with Crippen molar-refractivity contribution < 1.29 is 0 Å². The Labute approximate surface area is 122 Å².